The largest absolute Gasteiger partial charge is 0.488 e. The quantitative estimate of drug-likeness (QED) is 0.661. The first-order chi connectivity index (χ1) is 10.7. The molecule has 1 saturated heterocycles. The van der Waals surface area contributed by atoms with Gasteiger partial charge in [0.2, 0.25) is 0 Å². The summed E-state index contributed by atoms with van der Waals surface area (Å²) in [5.74, 6) is 3.17. The molecule has 0 aromatic heterocycles. The number of para-hydroxylation sites is 1. The topological polar surface area (TPSA) is 45.7 Å². The second-order valence-corrected chi connectivity index (χ2v) is 7.94. The Hall–Kier alpha value is -1.36. The summed E-state index contributed by atoms with van der Waals surface area (Å²) in [5, 5.41) is 6.85. The molecule has 3 rings (SSSR count). The van der Waals surface area contributed by atoms with Gasteiger partial charge in [-0.05, 0) is 37.1 Å². The van der Waals surface area contributed by atoms with Gasteiger partial charge in [-0.3, -0.25) is 4.99 Å². The molecule has 5 heteroatoms. The SMILES string of the molecule is CN=C(NCC1Cc2ccccc2O1)NCC1(C)CCCS1. The molecule has 0 radical (unpaired) electrons. The van der Waals surface area contributed by atoms with Crippen LogP contribution in [0.2, 0.25) is 0 Å². The number of hydrogen-bond donors (Lipinski definition) is 2. The van der Waals surface area contributed by atoms with E-state index in [9.17, 15) is 0 Å². The minimum Gasteiger partial charge on any atom is -0.488 e. The average molecular weight is 319 g/mol. The number of benzene rings is 1. The van der Waals surface area contributed by atoms with Gasteiger partial charge in [-0.1, -0.05) is 18.2 Å². The van der Waals surface area contributed by atoms with Crippen LogP contribution in [0.3, 0.4) is 0 Å². The molecular formula is C17H25N3OS. The Kier molecular flexibility index (Phi) is 4.81. The van der Waals surface area contributed by atoms with E-state index in [0.29, 0.717) is 4.75 Å². The van der Waals surface area contributed by atoms with Gasteiger partial charge in [0.1, 0.15) is 11.9 Å². The first-order valence-corrected chi connectivity index (χ1v) is 9.00. The van der Waals surface area contributed by atoms with Crippen molar-refractivity contribution in [1.82, 2.24) is 10.6 Å². The third-order valence-electron chi connectivity index (χ3n) is 4.36. The van der Waals surface area contributed by atoms with Crippen LogP contribution in [0, 0.1) is 0 Å². The van der Waals surface area contributed by atoms with E-state index in [1.54, 1.807) is 0 Å². The smallest absolute Gasteiger partial charge is 0.191 e. The zero-order valence-corrected chi connectivity index (χ0v) is 14.2. The fraction of sp³-hybridized carbons (Fsp3) is 0.588. The summed E-state index contributed by atoms with van der Waals surface area (Å²) in [6.45, 7) is 4.07. The molecule has 1 aromatic carbocycles. The maximum atomic E-state index is 5.95. The molecule has 2 aliphatic rings. The summed E-state index contributed by atoms with van der Waals surface area (Å²) in [6, 6.07) is 8.27. The second-order valence-electron chi connectivity index (χ2n) is 6.26. The van der Waals surface area contributed by atoms with E-state index in [1.165, 1.54) is 24.2 Å². The van der Waals surface area contributed by atoms with E-state index in [2.05, 4.69) is 46.4 Å². The molecule has 1 aromatic rings. The molecule has 2 N–H and O–H groups in total. The normalized spacial score (nSPS) is 27.4. The van der Waals surface area contributed by atoms with Crippen LogP contribution in [0.5, 0.6) is 5.75 Å². The van der Waals surface area contributed by atoms with Crippen molar-refractivity contribution in [2.75, 3.05) is 25.9 Å². The van der Waals surface area contributed by atoms with Gasteiger partial charge in [-0.15, -0.1) is 0 Å². The Morgan fingerprint density at radius 2 is 2.27 bits per heavy atom. The van der Waals surface area contributed by atoms with Crippen LogP contribution in [0.15, 0.2) is 29.3 Å². The van der Waals surface area contributed by atoms with E-state index in [1.807, 2.05) is 19.2 Å². The number of hydrogen-bond acceptors (Lipinski definition) is 3. The van der Waals surface area contributed by atoms with Crippen molar-refractivity contribution in [2.24, 2.45) is 4.99 Å². The van der Waals surface area contributed by atoms with Gasteiger partial charge in [0, 0.05) is 24.8 Å². The van der Waals surface area contributed by atoms with Gasteiger partial charge in [-0.25, -0.2) is 0 Å². The predicted molar refractivity (Wildman–Crippen MR) is 94.0 cm³/mol. The van der Waals surface area contributed by atoms with E-state index in [-0.39, 0.29) is 6.10 Å². The molecule has 0 aliphatic carbocycles. The highest BCUT2D eigenvalue weighted by atomic mass is 32.2. The molecule has 0 saturated carbocycles. The number of ether oxygens (including phenoxy) is 1. The lowest BCUT2D eigenvalue weighted by Crippen LogP contribution is -2.46. The van der Waals surface area contributed by atoms with E-state index in [0.717, 1.165) is 31.2 Å². The fourth-order valence-corrected chi connectivity index (χ4v) is 4.29. The Labute approximate surface area is 137 Å². The lowest BCUT2D eigenvalue weighted by atomic mass is 10.1. The summed E-state index contributed by atoms with van der Waals surface area (Å²) < 4.78 is 6.30. The van der Waals surface area contributed by atoms with Gasteiger partial charge >= 0.3 is 0 Å². The van der Waals surface area contributed by atoms with Crippen LogP contribution >= 0.6 is 11.8 Å². The van der Waals surface area contributed by atoms with Crippen molar-refractivity contribution < 1.29 is 4.74 Å². The highest BCUT2D eigenvalue weighted by molar-refractivity contribution is 8.00. The van der Waals surface area contributed by atoms with E-state index in [4.69, 9.17) is 4.74 Å². The van der Waals surface area contributed by atoms with E-state index < -0.39 is 0 Å². The lowest BCUT2D eigenvalue weighted by Gasteiger charge is -2.24. The Morgan fingerprint density at radius 1 is 1.41 bits per heavy atom. The summed E-state index contributed by atoms with van der Waals surface area (Å²) >= 11 is 2.06. The number of thioether (sulfide) groups is 1. The molecule has 0 amide bonds. The van der Waals surface area contributed by atoms with Gasteiger partial charge in [0.05, 0.1) is 6.54 Å². The van der Waals surface area contributed by atoms with Crippen molar-refractivity contribution in [3.8, 4) is 5.75 Å². The molecular weight excluding hydrogens is 294 g/mol. The maximum Gasteiger partial charge on any atom is 0.191 e. The van der Waals surface area contributed by atoms with Crippen molar-refractivity contribution in [3.05, 3.63) is 29.8 Å². The number of fused-ring (bicyclic) bond motifs is 1. The Morgan fingerprint density at radius 3 is 3.00 bits per heavy atom. The van der Waals surface area contributed by atoms with Crippen LogP contribution in [-0.2, 0) is 6.42 Å². The van der Waals surface area contributed by atoms with Crippen LogP contribution < -0.4 is 15.4 Å². The highest BCUT2D eigenvalue weighted by Crippen LogP contribution is 2.36. The first-order valence-electron chi connectivity index (χ1n) is 8.02. The third kappa shape index (κ3) is 3.69. The van der Waals surface area contributed by atoms with Crippen molar-refractivity contribution >= 4 is 17.7 Å². The zero-order chi connectivity index (χ0) is 15.4. The number of nitrogens with one attached hydrogen (secondary N) is 2. The van der Waals surface area contributed by atoms with Crippen molar-refractivity contribution in [2.45, 2.75) is 37.0 Å². The average Bonchev–Trinajstić information content (AvgIpc) is 3.13. The van der Waals surface area contributed by atoms with Gasteiger partial charge in [0.15, 0.2) is 5.96 Å². The Balaban J connectivity index is 1.44. The first kappa shape index (κ1) is 15.5. The molecule has 1 fully saturated rings. The zero-order valence-electron chi connectivity index (χ0n) is 13.4. The van der Waals surface area contributed by atoms with Crippen molar-refractivity contribution in [3.63, 3.8) is 0 Å². The molecule has 4 nitrogen and oxygen atoms in total. The second kappa shape index (κ2) is 6.82. The monoisotopic (exact) mass is 319 g/mol. The molecule has 22 heavy (non-hydrogen) atoms. The summed E-state index contributed by atoms with van der Waals surface area (Å²) in [6.07, 6.45) is 3.76. The molecule has 2 heterocycles. The molecule has 2 aliphatic heterocycles. The number of guanidine groups is 1. The number of rotatable bonds is 4. The number of nitrogens with zero attached hydrogens (tertiary/aromatic N) is 1. The molecule has 2 atom stereocenters. The summed E-state index contributed by atoms with van der Waals surface area (Å²) in [4.78, 5) is 4.32. The predicted octanol–water partition coefficient (Wildman–Crippen LogP) is 2.44. The molecule has 2 unspecified atom stereocenters. The van der Waals surface area contributed by atoms with Crippen LogP contribution in [-0.4, -0.2) is 42.7 Å². The minimum atomic E-state index is 0.187. The fourth-order valence-electron chi connectivity index (χ4n) is 3.05. The Bertz CT molecular complexity index is 515. The lowest BCUT2D eigenvalue weighted by molar-refractivity contribution is 0.235. The maximum absolute atomic E-state index is 5.95. The molecule has 0 spiro atoms. The molecule has 120 valence electrons. The van der Waals surface area contributed by atoms with E-state index >= 15 is 0 Å². The van der Waals surface area contributed by atoms with Crippen LogP contribution in [0.25, 0.3) is 0 Å². The van der Waals surface area contributed by atoms with Crippen LogP contribution in [0.4, 0.5) is 0 Å². The third-order valence-corrected chi connectivity index (χ3v) is 5.90. The minimum absolute atomic E-state index is 0.187. The van der Waals surface area contributed by atoms with Gasteiger partial charge in [0.25, 0.3) is 0 Å². The number of aliphatic imine (C=N–C) groups is 1. The highest BCUT2D eigenvalue weighted by Gasteiger charge is 2.29. The van der Waals surface area contributed by atoms with Crippen LogP contribution in [0.1, 0.15) is 25.3 Å². The van der Waals surface area contributed by atoms with Gasteiger partial charge in [-0.2, -0.15) is 11.8 Å². The summed E-state index contributed by atoms with van der Waals surface area (Å²) in [5.41, 5.74) is 1.30. The van der Waals surface area contributed by atoms with Gasteiger partial charge < -0.3 is 15.4 Å². The summed E-state index contributed by atoms with van der Waals surface area (Å²) in [7, 11) is 1.82. The van der Waals surface area contributed by atoms with Crippen molar-refractivity contribution in [1.29, 1.82) is 0 Å². The molecule has 0 bridgehead atoms. The standard InChI is InChI=1S/C17H25N3OS/c1-17(8-5-9-22-17)12-20-16(18-2)19-11-14-10-13-6-3-4-7-15(13)21-14/h3-4,6-7,14H,5,8-12H2,1-2H3,(H2,18,19,20).